The molecule has 3 aliphatic rings. The molecule has 0 amide bonds. The van der Waals surface area contributed by atoms with Gasteiger partial charge in [0.25, 0.3) is 0 Å². The summed E-state index contributed by atoms with van der Waals surface area (Å²) in [4.78, 5) is 18.1. The molecule has 3 heterocycles. The largest absolute Gasteiger partial charge is 0.490 e. The van der Waals surface area contributed by atoms with Gasteiger partial charge in [0.2, 0.25) is 5.95 Å². The number of hydrogen-bond donors (Lipinski definition) is 1. The van der Waals surface area contributed by atoms with Crippen LogP contribution >= 0.6 is 0 Å². The minimum Gasteiger partial charge on any atom is -0.490 e. The normalized spacial score (nSPS) is 22.0. The maximum absolute atomic E-state index is 13.5. The van der Waals surface area contributed by atoms with Crippen LogP contribution in [0, 0.1) is 6.92 Å². The highest BCUT2D eigenvalue weighted by Gasteiger charge is 2.39. The predicted molar refractivity (Wildman–Crippen MR) is 119 cm³/mol. The molecule has 1 aromatic heterocycles. The molecule has 32 heavy (non-hydrogen) atoms. The Bertz CT molecular complexity index is 1230. The fourth-order valence-electron chi connectivity index (χ4n) is 4.94. The Labute approximate surface area is 186 Å². The standard InChI is InChI=1S/C25H24N4O3/c1-15-26-25-27-19-12-18(16-6-3-2-4-7-16)13-20(30)23(19)24(29(25)28-15)17-8-9-21-22(14-17)32-11-5-10-31-21/h2-4,6-9,14,18,24H,5,10-13H2,1H3,(H,26,27,28). The zero-order chi connectivity index (χ0) is 21.7. The minimum absolute atomic E-state index is 0.142. The Morgan fingerprint density at radius 2 is 1.81 bits per heavy atom. The van der Waals surface area contributed by atoms with Crippen LogP contribution in [-0.4, -0.2) is 33.8 Å². The third-order valence-electron chi connectivity index (χ3n) is 6.38. The molecule has 0 saturated carbocycles. The number of ketones is 1. The van der Waals surface area contributed by atoms with E-state index in [0.717, 1.165) is 35.4 Å². The maximum Gasteiger partial charge on any atom is 0.226 e. The van der Waals surface area contributed by atoms with E-state index in [9.17, 15) is 4.79 Å². The SMILES string of the molecule is Cc1nc2n(n1)C(c1ccc3c(c1)OCCCO3)C1=C(CC(c3ccccc3)CC1=O)N2. The molecule has 1 aliphatic carbocycles. The van der Waals surface area contributed by atoms with E-state index < -0.39 is 0 Å². The number of allylic oxidation sites excluding steroid dienone is 2. The summed E-state index contributed by atoms with van der Waals surface area (Å²) in [6.07, 6.45) is 2.09. The summed E-state index contributed by atoms with van der Waals surface area (Å²) < 4.78 is 13.6. The van der Waals surface area contributed by atoms with Gasteiger partial charge in [0, 0.05) is 24.1 Å². The van der Waals surface area contributed by atoms with Crippen LogP contribution in [-0.2, 0) is 4.79 Å². The van der Waals surface area contributed by atoms with Crippen LogP contribution in [0.3, 0.4) is 0 Å². The zero-order valence-corrected chi connectivity index (χ0v) is 17.9. The number of anilines is 1. The monoisotopic (exact) mass is 428 g/mol. The predicted octanol–water partition coefficient (Wildman–Crippen LogP) is 4.16. The number of fused-ring (bicyclic) bond motifs is 2. The minimum atomic E-state index is -0.344. The van der Waals surface area contributed by atoms with Crippen LogP contribution < -0.4 is 14.8 Å². The van der Waals surface area contributed by atoms with Crippen molar-refractivity contribution in [3.05, 3.63) is 76.8 Å². The van der Waals surface area contributed by atoms with Gasteiger partial charge in [0.05, 0.1) is 13.2 Å². The molecule has 2 aromatic carbocycles. The van der Waals surface area contributed by atoms with E-state index in [0.29, 0.717) is 37.2 Å². The summed E-state index contributed by atoms with van der Waals surface area (Å²) in [5.41, 5.74) is 3.83. The molecular weight excluding hydrogens is 404 g/mol. The first-order valence-electron chi connectivity index (χ1n) is 11.1. The Hall–Kier alpha value is -3.61. The maximum atomic E-state index is 13.5. The van der Waals surface area contributed by atoms with E-state index >= 15 is 0 Å². The van der Waals surface area contributed by atoms with Gasteiger partial charge in [-0.3, -0.25) is 4.79 Å². The summed E-state index contributed by atoms with van der Waals surface area (Å²) in [5.74, 6) is 3.07. The van der Waals surface area contributed by atoms with Crippen molar-refractivity contribution in [1.29, 1.82) is 0 Å². The molecule has 0 saturated heterocycles. The number of benzene rings is 2. The van der Waals surface area contributed by atoms with Crippen molar-refractivity contribution >= 4 is 11.7 Å². The van der Waals surface area contributed by atoms with E-state index in [1.807, 2.05) is 48.0 Å². The molecule has 2 aliphatic heterocycles. The van der Waals surface area contributed by atoms with Gasteiger partial charge in [0.15, 0.2) is 17.3 Å². The van der Waals surface area contributed by atoms with Crippen LogP contribution in [0.5, 0.6) is 11.5 Å². The number of ether oxygens (including phenoxy) is 2. The van der Waals surface area contributed by atoms with Gasteiger partial charge in [-0.1, -0.05) is 36.4 Å². The van der Waals surface area contributed by atoms with Crippen molar-refractivity contribution in [1.82, 2.24) is 14.8 Å². The first-order chi connectivity index (χ1) is 15.7. The molecule has 7 nitrogen and oxygen atoms in total. The Morgan fingerprint density at radius 3 is 2.66 bits per heavy atom. The fourth-order valence-corrected chi connectivity index (χ4v) is 4.94. The molecule has 1 N–H and O–H groups in total. The molecular formula is C25H24N4O3. The summed E-state index contributed by atoms with van der Waals surface area (Å²) in [7, 11) is 0. The first-order valence-corrected chi connectivity index (χ1v) is 11.1. The van der Waals surface area contributed by atoms with Gasteiger partial charge in [-0.25, -0.2) is 4.68 Å². The van der Waals surface area contributed by atoms with Crippen LogP contribution in [0.2, 0.25) is 0 Å². The van der Waals surface area contributed by atoms with E-state index in [1.165, 1.54) is 5.56 Å². The van der Waals surface area contributed by atoms with Crippen molar-refractivity contribution < 1.29 is 14.3 Å². The van der Waals surface area contributed by atoms with Crippen molar-refractivity contribution in [3.63, 3.8) is 0 Å². The summed E-state index contributed by atoms with van der Waals surface area (Å²) in [6.45, 7) is 3.12. The van der Waals surface area contributed by atoms with Gasteiger partial charge in [-0.2, -0.15) is 10.1 Å². The molecule has 2 atom stereocenters. The van der Waals surface area contributed by atoms with E-state index in [2.05, 4.69) is 27.5 Å². The molecule has 2 unspecified atom stereocenters. The van der Waals surface area contributed by atoms with E-state index in [1.54, 1.807) is 0 Å². The number of carbonyl (C=O) groups is 1. The van der Waals surface area contributed by atoms with Gasteiger partial charge in [-0.05, 0) is 42.5 Å². The topological polar surface area (TPSA) is 78.3 Å². The zero-order valence-electron chi connectivity index (χ0n) is 17.9. The van der Waals surface area contributed by atoms with Crippen molar-refractivity contribution in [3.8, 4) is 11.5 Å². The lowest BCUT2D eigenvalue weighted by Crippen LogP contribution is -2.33. The highest BCUT2D eigenvalue weighted by molar-refractivity contribution is 6.00. The summed E-state index contributed by atoms with van der Waals surface area (Å²) in [5, 5.41) is 8.04. The van der Waals surface area contributed by atoms with Gasteiger partial charge in [-0.15, -0.1) is 0 Å². The molecule has 0 bridgehead atoms. The smallest absolute Gasteiger partial charge is 0.226 e. The molecule has 0 fully saturated rings. The van der Waals surface area contributed by atoms with Crippen molar-refractivity contribution in [2.45, 2.75) is 38.1 Å². The second kappa shape index (κ2) is 7.51. The van der Waals surface area contributed by atoms with Gasteiger partial charge >= 0.3 is 0 Å². The van der Waals surface area contributed by atoms with Gasteiger partial charge in [0.1, 0.15) is 11.9 Å². The quantitative estimate of drug-likeness (QED) is 0.660. The molecule has 162 valence electrons. The Morgan fingerprint density at radius 1 is 1.00 bits per heavy atom. The lowest BCUT2D eigenvalue weighted by Gasteiger charge is -2.35. The Kier molecular flexibility index (Phi) is 4.48. The van der Waals surface area contributed by atoms with E-state index in [-0.39, 0.29) is 17.7 Å². The molecule has 0 radical (unpaired) electrons. The average Bonchev–Trinajstić information content (AvgIpc) is 3.02. The number of aromatic nitrogens is 3. The number of carbonyl (C=O) groups excluding carboxylic acids is 1. The number of aryl methyl sites for hydroxylation is 1. The van der Waals surface area contributed by atoms with Crippen LogP contribution in [0.4, 0.5) is 5.95 Å². The third kappa shape index (κ3) is 3.16. The van der Waals surface area contributed by atoms with Crippen LogP contribution in [0.15, 0.2) is 59.8 Å². The average molecular weight is 428 g/mol. The number of rotatable bonds is 2. The molecule has 6 rings (SSSR count). The van der Waals surface area contributed by atoms with Gasteiger partial charge < -0.3 is 14.8 Å². The highest BCUT2D eigenvalue weighted by Crippen LogP contribution is 2.45. The number of nitrogens with zero attached hydrogens (tertiary/aromatic N) is 3. The lowest BCUT2D eigenvalue weighted by molar-refractivity contribution is -0.116. The lowest BCUT2D eigenvalue weighted by atomic mass is 9.78. The molecule has 7 heteroatoms. The first kappa shape index (κ1) is 19.1. The second-order valence-electron chi connectivity index (χ2n) is 8.54. The van der Waals surface area contributed by atoms with Crippen LogP contribution in [0.1, 0.15) is 48.2 Å². The molecule has 3 aromatic rings. The number of Topliss-reactive ketones (excluding diaryl/α,β-unsaturated/α-hetero) is 1. The number of hydrogen-bond acceptors (Lipinski definition) is 6. The summed E-state index contributed by atoms with van der Waals surface area (Å²) in [6, 6.07) is 15.8. The third-order valence-corrected chi connectivity index (χ3v) is 6.38. The summed E-state index contributed by atoms with van der Waals surface area (Å²) >= 11 is 0. The second-order valence-corrected chi connectivity index (χ2v) is 8.54. The highest BCUT2D eigenvalue weighted by atomic mass is 16.5. The number of nitrogens with one attached hydrogen (secondary N) is 1. The Balaban J connectivity index is 1.45. The van der Waals surface area contributed by atoms with Crippen molar-refractivity contribution in [2.75, 3.05) is 18.5 Å². The molecule has 0 spiro atoms. The van der Waals surface area contributed by atoms with Crippen LogP contribution in [0.25, 0.3) is 0 Å². The fraction of sp³-hybridized carbons (Fsp3) is 0.320. The van der Waals surface area contributed by atoms with Crippen molar-refractivity contribution in [2.24, 2.45) is 0 Å². The van der Waals surface area contributed by atoms with E-state index in [4.69, 9.17) is 9.47 Å².